The molecule has 0 atom stereocenters. The summed E-state index contributed by atoms with van der Waals surface area (Å²) in [5.41, 5.74) is 1.03. The lowest BCUT2D eigenvalue weighted by Gasteiger charge is -2.13. The highest BCUT2D eigenvalue weighted by Gasteiger charge is 2.13. The number of hydrogen-bond donors (Lipinski definition) is 0. The number of ether oxygens (including phenoxy) is 3. The van der Waals surface area contributed by atoms with Crippen LogP contribution in [0, 0.1) is 5.82 Å². The molecule has 0 N–H and O–H groups in total. The second kappa shape index (κ2) is 9.63. The van der Waals surface area contributed by atoms with Gasteiger partial charge in [0.25, 0.3) is 0 Å². The maximum Gasteiger partial charge on any atom is 0.331 e. The molecule has 0 bridgehead atoms. The van der Waals surface area contributed by atoms with Gasteiger partial charge in [-0.3, -0.25) is 0 Å². The van der Waals surface area contributed by atoms with Gasteiger partial charge in [-0.05, 0) is 29.8 Å². The molecule has 0 amide bonds. The number of carbonyl (C=O) groups excluding carboxylic acids is 1. The Morgan fingerprint density at radius 3 is 2.77 bits per heavy atom. The van der Waals surface area contributed by atoms with E-state index in [2.05, 4.69) is 6.58 Å². The minimum atomic E-state index is -0.500. The van der Waals surface area contributed by atoms with Crippen LogP contribution in [0.1, 0.15) is 11.1 Å². The summed E-state index contributed by atoms with van der Waals surface area (Å²) in [4.78, 5) is 11.5. The summed E-state index contributed by atoms with van der Waals surface area (Å²) in [5.74, 6) is -0.197. The summed E-state index contributed by atoms with van der Waals surface area (Å²) >= 11 is 6.26. The maximum absolute atomic E-state index is 13.7. The SMILES string of the molecule is C=CCOC(=O)/C=C/c1cc(Cl)c(OCc2ccccc2F)c(OC)c1. The van der Waals surface area contributed by atoms with Crippen molar-refractivity contribution in [1.29, 1.82) is 0 Å². The van der Waals surface area contributed by atoms with Crippen LogP contribution in [-0.4, -0.2) is 19.7 Å². The van der Waals surface area contributed by atoms with Crippen LogP contribution < -0.4 is 9.47 Å². The lowest BCUT2D eigenvalue weighted by Crippen LogP contribution is -2.01. The zero-order valence-electron chi connectivity index (χ0n) is 14.2. The lowest BCUT2D eigenvalue weighted by atomic mass is 10.2. The van der Waals surface area contributed by atoms with E-state index >= 15 is 0 Å². The summed E-state index contributed by atoms with van der Waals surface area (Å²) in [6.07, 6.45) is 4.29. The van der Waals surface area contributed by atoms with Crippen LogP contribution in [0.3, 0.4) is 0 Å². The van der Waals surface area contributed by atoms with Crippen LogP contribution in [-0.2, 0) is 16.1 Å². The Kier molecular flexibility index (Phi) is 7.24. The van der Waals surface area contributed by atoms with Crippen molar-refractivity contribution in [3.05, 3.63) is 77.1 Å². The first-order valence-electron chi connectivity index (χ1n) is 7.74. The third-order valence-corrected chi connectivity index (χ3v) is 3.62. The van der Waals surface area contributed by atoms with Crippen LogP contribution in [0.25, 0.3) is 6.08 Å². The lowest BCUT2D eigenvalue weighted by molar-refractivity contribution is -0.136. The van der Waals surface area contributed by atoms with Crippen molar-refractivity contribution >= 4 is 23.6 Å². The van der Waals surface area contributed by atoms with Crippen LogP contribution in [0.4, 0.5) is 4.39 Å². The van der Waals surface area contributed by atoms with Gasteiger partial charge in [-0.2, -0.15) is 0 Å². The molecule has 0 saturated carbocycles. The molecule has 0 aromatic heterocycles. The van der Waals surface area contributed by atoms with Crippen molar-refractivity contribution < 1.29 is 23.4 Å². The molecular weight excluding hydrogens is 359 g/mol. The molecule has 2 rings (SSSR count). The molecule has 0 aliphatic heterocycles. The number of halogens is 2. The molecule has 0 aliphatic rings. The molecule has 0 aliphatic carbocycles. The van der Waals surface area contributed by atoms with Gasteiger partial charge in [-0.1, -0.05) is 42.5 Å². The Balaban J connectivity index is 2.16. The predicted octanol–water partition coefficient (Wildman–Crippen LogP) is 4.81. The average Bonchev–Trinajstić information content (AvgIpc) is 2.64. The number of rotatable bonds is 8. The van der Waals surface area contributed by atoms with E-state index in [-0.39, 0.29) is 24.1 Å². The fourth-order valence-electron chi connectivity index (χ4n) is 2.09. The van der Waals surface area contributed by atoms with E-state index in [1.807, 2.05) is 0 Å². The van der Waals surface area contributed by atoms with Gasteiger partial charge in [-0.15, -0.1) is 0 Å². The molecule has 0 fully saturated rings. The summed E-state index contributed by atoms with van der Waals surface area (Å²) in [6, 6.07) is 9.57. The Bertz CT molecular complexity index is 817. The second-order valence-corrected chi connectivity index (χ2v) is 5.57. The van der Waals surface area contributed by atoms with Crippen molar-refractivity contribution in [2.24, 2.45) is 0 Å². The van der Waals surface area contributed by atoms with Gasteiger partial charge in [0.1, 0.15) is 19.0 Å². The average molecular weight is 377 g/mol. The van der Waals surface area contributed by atoms with Crippen LogP contribution in [0.2, 0.25) is 5.02 Å². The van der Waals surface area contributed by atoms with Crippen molar-refractivity contribution in [2.45, 2.75) is 6.61 Å². The molecule has 0 saturated heterocycles. The largest absolute Gasteiger partial charge is 0.493 e. The molecule has 2 aromatic carbocycles. The standard InChI is InChI=1S/C20H18ClFO4/c1-3-10-25-19(23)9-8-14-11-16(21)20(18(12-14)24-2)26-13-15-6-4-5-7-17(15)22/h3-9,11-12H,1,10,13H2,2H3/b9-8+. The van der Waals surface area contributed by atoms with Crippen molar-refractivity contribution in [3.8, 4) is 11.5 Å². The number of methoxy groups -OCH3 is 1. The van der Waals surface area contributed by atoms with Gasteiger partial charge in [-0.25, -0.2) is 9.18 Å². The smallest absolute Gasteiger partial charge is 0.331 e. The number of benzene rings is 2. The fourth-order valence-corrected chi connectivity index (χ4v) is 2.37. The molecular formula is C20H18ClFO4. The molecule has 0 unspecified atom stereocenters. The van der Waals surface area contributed by atoms with Gasteiger partial charge in [0.15, 0.2) is 11.5 Å². The maximum atomic E-state index is 13.7. The third kappa shape index (κ3) is 5.36. The fraction of sp³-hybridized carbons (Fsp3) is 0.150. The molecule has 6 heteroatoms. The quantitative estimate of drug-likeness (QED) is 0.377. The van der Waals surface area contributed by atoms with E-state index in [9.17, 15) is 9.18 Å². The third-order valence-electron chi connectivity index (χ3n) is 3.34. The first-order valence-corrected chi connectivity index (χ1v) is 8.12. The molecule has 0 heterocycles. The summed E-state index contributed by atoms with van der Waals surface area (Å²) in [6.45, 7) is 3.61. The number of carbonyl (C=O) groups is 1. The topological polar surface area (TPSA) is 44.8 Å². The Morgan fingerprint density at radius 1 is 1.31 bits per heavy atom. The van der Waals surface area contributed by atoms with Crippen molar-refractivity contribution in [2.75, 3.05) is 13.7 Å². The zero-order chi connectivity index (χ0) is 18.9. The Morgan fingerprint density at radius 2 is 2.08 bits per heavy atom. The molecule has 4 nitrogen and oxygen atoms in total. The molecule has 2 aromatic rings. The van der Waals surface area contributed by atoms with Crippen LogP contribution >= 0.6 is 11.6 Å². The summed E-state index contributed by atoms with van der Waals surface area (Å²) in [7, 11) is 1.47. The van der Waals surface area contributed by atoms with E-state index in [4.69, 9.17) is 25.8 Å². The predicted molar refractivity (Wildman–Crippen MR) is 98.9 cm³/mol. The van der Waals surface area contributed by atoms with Gasteiger partial charge in [0.05, 0.1) is 12.1 Å². The molecule has 26 heavy (non-hydrogen) atoms. The first kappa shape index (κ1) is 19.5. The molecule has 0 spiro atoms. The highest BCUT2D eigenvalue weighted by molar-refractivity contribution is 6.32. The number of hydrogen-bond acceptors (Lipinski definition) is 4. The van der Waals surface area contributed by atoms with Crippen molar-refractivity contribution in [1.82, 2.24) is 0 Å². The highest BCUT2D eigenvalue weighted by Crippen LogP contribution is 2.37. The zero-order valence-corrected chi connectivity index (χ0v) is 15.0. The van der Waals surface area contributed by atoms with Gasteiger partial charge in [0.2, 0.25) is 0 Å². The van der Waals surface area contributed by atoms with Crippen LogP contribution in [0.15, 0.2) is 55.1 Å². The van der Waals surface area contributed by atoms with Gasteiger partial charge >= 0.3 is 5.97 Å². The summed E-state index contributed by atoms with van der Waals surface area (Å²) < 4.78 is 29.5. The minimum Gasteiger partial charge on any atom is -0.493 e. The van der Waals surface area contributed by atoms with Gasteiger partial charge < -0.3 is 14.2 Å². The number of esters is 1. The van der Waals surface area contributed by atoms with Gasteiger partial charge in [0, 0.05) is 11.6 Å². The monoisotopic (exact) mass is 376 g/mol. The molecule has 0 radical (unpaired) electrons. The second-order valence-electron chi connectivity index (χ2n) is 5.17. The Hall–Kier alpha value is -2.79. The normalized spacial score (nSPS) is 10.6. The van der Waals surface area contributed by atoms with E-state index in [0.29, 0.717) is 22.6 Å². The van der Waals surface area contributed by atoms with Crippen molar-refractivity contribution in [3.63, 3.8) is 0 Å². The Labute approximate surface area is 156 Å². The highest BCUT2D eigenvalue weighted by atomic mass is 35.5. The first-order chi connectivity index (χ1) is 12.5. The van der Waals surface area contributed by atoms with E-state index in [1.54, 1.807) is 36.4 Å². The molecule has 136 valence electrons. The van der Waals surface area contributed by atoms with E-state index in [1.165, 1.54) is 25.3 Å². The van der Waals surface area contributed by atoms with Crippen LogP contribution in [0.5, 0.6) is 11.5 Å². The summed E-state index contributed by atoms with van der Waals surface area (Å²) in [5, 5.41) is 0.278. The van der Waals surface area contributed by atoms with E-state index < -0.39 is 5.97 Å². The minimum absolute atomic E-state index is 0.00577. The van der Waals surface area contributed by atoms with E-state index in [0.717, 1.165) is 0 Å².